The van der Waals surface area contributed by atoms with E-state index in [1.807, 2.05) is 0 Å². The number of para-hydroxylation sites is 1. The van der Waals surface area contributed by atoms with Crippen molar-refractivity contribution in [2.24, 2.45) is 5.92 Å². The second-order valence-electron chi connectivity index (χ2n) is 8.41. The number of aryl methyl sites for hydroxylation is 1. The standard InChI is InChI=1S/C28H29NO2/c1-30-22-17-15-21(16-18-22)27-24-12-5-11-23(24)25-13-6-14-26(28(25)29-27)31-19-7-10-20-8-3-2-4-9-20/h2-6,8-9,11,13-18,23-24,27,29H,7,10,12,19H2,1H3. The minimum atomic E-state index is 0.257. The van der Waals surface area contributed by atoms with E-state index in [1.165, 1.54) is 16.7 Å². The summed E-state index contributed by atoms with van der Waals surface area (Å²) in [5.74, 6) is 2.80. The van der Waals surface area contributed by atoms with Gasteiger partial charge in [0, 0.05) is 5.92 Å². The van der Waals surface area contributed by atoms with Crippen molar-refractivity contribution in [3.05, 3.63) is 102 Å². The van der Waals surface area contributed by atoms with E-state index < -0.39 is 0 Å². The van der Waals surface area contributed by atoms with Crippen molar-refractivity contribution >= 4 is 5.69 Å². The number of ether oxygens (including phenoxy) is 2. The first-order valence-corrected chi connectivity index (χ1v) is 11.2. The largest absolute Gasteiger partial charge is 0.497 e. The van der Waals surface area contributed by atoms with Crippen LogP contribution in [-0.4, -0.2) is 13.7 Å². The van der Waals surface area contributed by atoms with E-state index in [-0.39, 0.29) is 6.04 Å². The average Bonchev–Trinajstić information content (AvgIpc) is 3.32. The Kier molecular flexibility index (Phi) is 5.66. The van der Waals surface area contributed by atoms with E-state index in [4.69, 9.17) is 9.47 Å². The highest BCUT2D eigenvalue weighted by Crippen LogP contribution is 2.52. The summed E-state index contributed by atoms with van der Waals surface area (Å²) in [5, 5.41) is 3.84. The Morgan fingerprint density at radius 1 is 0.935 bits per heavy atom. The summed E-state index contributed by atoms with van der Waals surface area (Å²) in [7, 11) is 1.71. The maximum Gasteiger partial charge on any atom is 0.142 e. The molecule has 3 unspecified atom stereocenters. The van der Waals surface area contributed by atoms with E-state index >= 15 is 0 Å². The van der Waals surface area contributed by atoms with Gasteiger partial charge in [0.25, 0.3) is 0 Å². The van der Waals surface area contributed by atoms with E-state index in [1.54, 1.807) is 7.11 Å². The Morgan fingerprint density at radius 3 is 2.58 bits per heavy atom. The highest BCUT2D eigenvalue weighted by atomic mass is 16.5. The Morgan fingerprint density at radius 2 is 1.77 bits per heavy atom. The van der Waals surface area contributed by atoms with Crippen LogP contribution in [0.3, 0.4) is 0 Å². The first kappa shape index (κ1) is 19.7. The van der Waals surface area contributed by atoms with E-state index in [0.29, 0.717) is 18.4 Å². The lowest BCUT2D eigenvalue weighted by Gasteiger charge is -2.38. The smallest absolute Gasteiger partial charge is 0.142 e. The molecule has 3 heteroatoms. The summed E-state index contributed by atoms with van der Waals surface area (Å²) in [4.78, 5) is 0. The Bertz CT molecular complexity index is 1040. The van der Waals surface area contributed by atoms with Gasteiger partial charge in [-0.05, 0) is 60.1 Å². The van der Waals surface area contributed by atoms with Gasteiger partial charge in [0.1, 0.15) is 11.5 Å². The molecule has 5 rings (SSSR count). The Labute approximate surface area is 184 Å². The number of nitrogens with one attached hydrogen (secondary N) is 1. The van der Waals surface area contributed by atoms with Crippen LogP contribution in [0.2, 0.25) is 0 Å². The summed E-state index contributed by atoms with van der Waals surface area (Å²) >= 11 is 0. The fraction of sp³-hybridized carbons (Fsp3) is 0.286. The summed E-state index contributed by atoms with van der Waals surface area (Å²) in [6.45, 7) is 0.712. The van der Waals surface area contributed by atoms with Crippen LogP contribution in [0.25, 0.3) is 0 Å². The van der Waals surface area contributed by atoms with Crippen molar-refractivity contribution in [3.8, 4) is 11.5 Å². The molecule has 3 nitrogen and oxygen atoms in total. The van der Waals surface area contributed by atoms with E-state index in [9.17, 15) is 0 Å². The lowest BCUT2D eigenvalue weighted by atomic mass is 9.77. The monoisotopic (exact) mass is 411 g/mol. The predicted molar refractivity (Wildman–Crippen MR) is 126 cm³/mol. The van der Waals surface area contributed by atoms with Crippen molar-refractivity contribution in [3.63, 3.8) is 0 Å². The zero-order chi connectivity index (χ0) is 21.0. The summed E-state index contributed by atoms with van der Waals surface area (Å²) in [6, 6.07) is 25.8. The third-order valence-electron chi connectivity index (χ3n) is 6.54. The number of rotatable bonds is 7. The number of hydrogen-bond acceptors (Lipinski definition) is 3. The van der Waals surface area contributed by atoms with Gasteiger partial charge in [-0.2, -0.15) is 0 Å². The molecule has 0 bridgehead atoms. The third kappa shape index (κ3) is 4.05. The summed E-state index contributed by atoms with van der Waals surface area (Å²) in [6.07, 6.45) is 7.83. The Hall–Kier alpha value is -3.20. The van der Waals surface area contributed by atoms with Crippen molar-refractivity contribution in [1.29, 1.82) is 0 Å². The molecule has 3 atom stereocenters. The maximum absolute atomic E-state index is 6.29. The van der Waals surface area contributed by atoms with Crippen molar-refractivity contribution in [2.75, 3.05) is 19.0 Å². The number of anilines is 1. The van der Waals surface area contributed by atoms with Gasteiger partial charge >= 0.3 is 0 Å². The van der Waals surface area contributed by atoms with Crippen molar-refractivity contribution < 1.29 is 9.47 Å². The Balaban J connectivity index is 1.35. The predicted octanol–water partition coefficient (Wildman–Crippen LogP) is 6.53. The van der Waals surface area contributed by atoms with Gasteiger partial charge in [-0.25, -0.2) is 0 Å². The molecule has 0 saturated carbocycles. The SMILES string of the molecule is COc1ccc(C2Nc3c(OCCCc4ccccc4)cccc3C3C=CCC32)cc1. The topological polar surface area (TPSA) is 30.5 Å². The fourth-order valence-electron chi connectivity index (χ4n) is 4.96. The molecule has 2 aliphatic rings. The van der Waals surface area contributed by atoms with Gasteiger partial charge in [-0.15, -0.1) is 0 Å². The molecule has 3 aromatic rings. The minimum absolute atomic E-state index is 0.257. The quantitative estimate of drug-likeness (QED) is 0.354. The van der Waals surface area contributed by atoms with Crippen LogP contribution in [0, 0.1) is 5.92 Å². The number of fused-ring (bicyclic) bond motifs is 3. The van der Waals surface area contributed by atoms with Gasteiger partial charge in [-0.1, -0.05) is 66.7 Å². The molecule has 1 heterocycles. The van der Waals surface area contributed by atoms with Gasteiger partial charge in [-0.3, -0.25) is 0 Å². The van der Waals surface area contributed by atoms with Crippen LogP contribution in [0.4, 0.5) is 5.69 Å². The molecule has 0 amide bonds. The van der Waals surface area contributed by atoms with Crippen molar-refractivity contribution in [1.82, 2.24) is 0 Å². The zero-order valence-corrected chi connectivity index (χ0v) is 18.0. The number of methoxy groups -OCH3 is 1. The number of benzene rings is 3. The van der Waals surface area contributed by atoms with Crippen LogP contribution in [0.1, 0.15) is 41.5 Å². The molecule has 0 aromatic heterocycles. The van der Waals surface area contributed by atoms with E-state index in [2.05, 4.69) is 90.3 Å². The molecule has 1 aliphatic heterocycles. The lowest BCUT2D eigenvalue weighted by Crippen LogP contribution is -2.29. The zero-order valence-electron chi connectivity index (χ0n) is 18.0. The molecular formula is C28H29NO2. The molecule has 31 heavy (non-hydrogen) atoms. The number of allylic oxidation sites excluding steroid dienone is 2. The molecule has 0 fully saturated rings. The molecule has 0 spiro atoms. The second-order valence-corrected chi connectivity index (χ2v) is 8.41. The van der Waals surface area contributed by atoms with Gasteiger partial charge in [0.2, 0.25) is 0 Å². The molecule has 1 aliphatic carbocycles. The molecule has 1 N–H and O–H groups in total. The van der Waals surface area contributed by atoms with Gasteiger partial charge in [0.15, 0.2) is 0 Å². The van der Waals surface area contributed by atoms with Crippen LogP contribution in [0.15, 0.2) is 84.9 Å². The van der Waals surface area contributed by atoms with E-state index in [0.717, 1.165) is 36.4 Å². The second kappa shape index (κ2) is 8.89. The summed E-state index contributed by atoms with van der Waals surface area (Å²) in [5.41, 5.74) is 5.15. The highest BCUT2D eigenvalue weighted by Gasteiger charge is 2.38. The van der Waals surface area contributed by atoms with Gasteiger partial charge < -0.3 is 14.8 Å². The molecular weight excluding hydrogens is 382 g/mol. The third-order valence-corrected chi connectivity index (χ3v) is 6.54. The van der Waals surface area contributed by atoms with Crippen LogP contribution < -0.4 is 14.8 Å². The lowest BCUT2D eigenvalue weighted by molar-refractivity contribution is 0.309. The first-order chi connectivity index (χ1) is 15.3. The van der Waals surface area contributed by atoms with Crippen LogP contribution in [0.5, 0.6) is 11.5 Å². The summed E-state index contributed by atoms with van der Waals surface area (Å²) < 4.78 is 11.6. The average molecular weight is 412 g/mol. The van der Waals surface area contributed by atoms with Crippen molar-refractivity contribution in [2.45, 2.75) is 31.2 Å². The molecule has 158 valence electrons. The molecule has 3 aromatic carbocycles. The number of hydrogen-bond donors (Lipinski definition) is 1. The first-order valence-electron chi connectivity index (χ1n) is 11.2. The van der Waals surface area contributed by atoms with Crippen LogP contribution in [-0.2, 0) is 6.42 Å². The maximum atomic E-state index is 6.29. The molecule has 0 saturated heterocycles. The van der Waals surface area contributed by atoms with Crippen LogP contribution >= 0.6 is 0 Å². The fourth-order valence-corrected chi connectivity index (χ4v) is 4.96. The molecule has 0 radical (unpaired) electrons. The minimum Gasteiger partial charge on any atom is -0.497 e. The normalized spacial score (nSPS) is 21.1. The highest BCUT2D eigenvalue weighted by molar-refractivity contribution is 5.67. The van der Waals surface area contributed by atoms with Gasteiger partial charge in [0.05, 0.1) is 25.4 Å².